The molecular formula is C10H17N3O2. The number of hydrogen-bond donors (Lipinski definition) is 1. The molecule has 1 aliphatic heterocycles. The van der Waals surface area contributed by atoms with Gasteiger partial charge in [-0.1, -0.05) is 19.0 Å². The van der Waals surface area contributed by atoms with Gasteiger partial charge in [0.05, 0.1) is 13.2 Å². The molecule has 1 saturated heterocycles. The van der Waals surface area contributed by atoms with Crippen molar-refractivity contribution in [2.24, 2.45) is 5.92 Å². The molecule has 5 nitrogen and oxygen atoms in total. The third-order valence-corrected chi connectivity index (χ3v) is 2.29. The first-order chi connectivity index (χ1) is 7.25. The van der Waals surface area contributed by atoms with E-state index < -0.39 is 0 Å². The maximum atomic E-state index is 5.34. The fourth-order valence-electron chi connectivity index (χ4n) is 1.58. The van der Waals surface area contributed by atoms with Gasteiger partial charge in [-0.15, -0.1) is 0 Å². The molecule has 1 aliphatic rings. The molecule has 1 atom stereocenters. The van der Waals surface area contributed by atoms with Gasteiger partial charge in [-0.3, -0.25) is 0 Å². The Kier molecular flexibility index (Phi) is 3.33. The van der Waals surface area contributed by atoms with E-state index >= 15 is 0 Å². The molecule has 2 heterocycles. The van der Waals surface area contributed by atoms with Gasteiger partial charge in [0.25, 0.3) is 0 Å². The molecule has 0 aromatic carbocycles. The summed E-state index contributed by atoms with van der Waals surface area (Å²) in [5.41, 5.74) is 0. The normalized spacial score (nSPS) is 22.2. The fraction of sp³-hybridized carbons (Fsp3) is 0.800. The van der Waals surface area contributed by atoms with E-state index in [1.807, 2.05) is 0 Å². The van der Waals surface area contributed by atoms with Crippen molar-refractivity contribution < 1.29 is 9.26 Å². The summed E-state index contributed by atoms with van der Waals surface area (Å²) in [6.07, 6.45) is 0.858. The van der Waals surface area contributed by atoms with E-state index in [9.17, 15) is 0 Å². The van der Waals surface area contributed by atoms with Gasteiger partial charge in [0.15, 0.2) is 5.82 Å². The Hall–Kier alpha value is -0.940. The number of ether oxygens (including phenoxy) is 1. The van der Waals surface area contributed by atoms with Gasteiger partial charge in [0, 0.05) is 13.0 Å². The Labute approximate surface area is 89.2 Å². The van der Waals surface area contributed by atoms with Crippen molar-refractivity contribution in [3.63, 3.8) is 0 Å². The fourth-order valence-corrected chi connectivity index (χ4v) is 1.58. The molecule has 1 N–H and O–H groups in total. The van der Waals surface area contributed by atoms with E-state index in [0.717, 1.165) is 25.4 Å². The summed E-state index contributed by atoms with van der Waals surface area (Å²) in [6.45, 7) is 6.48. The lowest BCUT2D eigenvalue weighted by molar-refractivity contribution is 0.0659. The van der Waals surface area contributed by atoms with Crippen LogP contribution in [-0.4, -0.2) is 29.9 Å². The summed E-state index contributed by atoms with van der Waals surface area (Å²) in [6, 6.07) is 0.0622. The molecule has 15 heavy (non-hydrogen) atoms. The highest BCUT2D eigenvalue weighted by atomic mass is 16.5. The van der Waals surface area contributed by atoms with E-state index in [2.05, 4.69) is 29.3 Å². The number of rotatable bonds is 3. The summed E-state index contributed by atoms with van der Waals surface area (Å²) in [4.78, 5) is 4.35. The largest absolute Gasteiger partial charge is 0.378 e. The molecule has 1 unspecified atom stereocenters. The summed E-state index contributed by atoms with van der Waals surface area (Å²) < 4.78 is 10.5. The van der Waals surface area contributed by atoms with Gasteiger partial charge in [0.1, 0.15) is 6.04 Å². The predicted molar refractivity (Wildman–Crippen MR) is 54.4 cm³/mol. The second kappa shape index (κ2) is 4.72. The van der Waals surface area contributed by atoms with Crippen molar-refractivity contribution in [1.82, 2.24) is 15.5 Å². The van der Waals surface area contributed by atoms with Crippen molar-refractivity contribution in [2.45, 2.75) is 26.3 Å². The number of morpholine rings is 1. The van der Waals surface area contributed by atoms with E-state index in [1.165, 1.54) is 0 Å². The highest BCUT2D eigenvalue weighted by molar-refractivity contribution is 4.94. The number of aromatic nitrogens is 2. The second-order valence-corrected chi connectivity index (χ2v) is 4.23. The zero-order chi connectivity index (χ0) is 10.7. The Morgan fingerprint density at radius 3 is 3.07 bits per heavy atom. The van der Waals surface area contributed by atoms with Crippen LogP contribution in [0.25, 0.3) is 0 Å². The van der Waals surface area contributed by atoms with Crippen LogP contribution >= 0.6 is 0 Å². The van der Waals surface area contributed by atoms with Crippen LogP contribution in [-0.2, 0) is 11.2 Å². The topological polar surface area (TPSA) is 60.2 Å². The summed E-state index contributed by atoms with van der Waals surface area (Å²) >= 11 is 0. The average Bonchev–Trinajstić information content (AvgIpc) is 2.67. The average molecular weight is 211 g/mol. The molecule has 5 heteroatoms. The van der Waals surface area contributed by atoms with Crippen molar-refractivity contribution >= 4 is 0 Å². The number of hydrogen-bond acceptors (Lipinski definition) is 5. The van der Waals surface area contributed by atoms with Gasteiger partial charge < -0.3 is 14.6 Å². The molecule has 84 valence electrons. The lowest BCUT2D eigenvalue weighted by Crippen LogP contribution is -2.34. The van der Waals surface area contributed by atoms with Crippen LogP contribution in [0.5, 0.6) is 0 Å². The molecule has 2 rings (SSSR count). The molecule has 1 aromatic heterocycles. The smallest absolute Gasteiger partial charge is 0.246 e. The van der Waals surface area contributed by atoms with Gasteiger partial charge >= 0.3 is 0 Å². The first-order valence-corrected chi connectivity index (χ1v) is 5.39. The Morgan fingerprint density at radius 1 is 1.53 bits per heavy atom. The van der Waals surface area contributed by atoms with Crippen LogP contribution in [0, 0.1) is 5.92 Å². The summed E-state index contributed by atoms with van der Waals surface area (Å²) in [5.74, 6) is 1.98. The summed E-state index contributed by atoms with van der Waals surface area (Å²) in [7, 11) is 0. The van der Waals surface area contributed by atoms with Gasteiger partial charge in [-0.05, 0) is 5.92 Å². The molecule has 0 aliphatic carbocycles. The third-order valence-electron chi connectivity index (χ3n) is 2.29. The van der Waals surface area contributed by atoms with Gasteiger partial charge in [0.2, 0.25) is 5.89 Å². The Morgan fingerprint density at radius 2 is 2.40 bits per heavy atom. The molecule has 0 radical (unpaired) electrons. The monoisotopic (exact) mass is 211 g/mol. The molecule has 0 bridgehead atoms. The molecule has 0 spiro atoms. The molecule has 0 saturated carbocycles. The van der Waals surface area contributed by atoms with E-state index in [1.54, 1.807) is 0 Å². The van der Waals surface area contributed by atoms with Crippen molar-refractivity contribution in [1.29, 1.82) is 0 Å². The highest BCUT2D eigenvalue weighted by Crippen LogP contribution is 2.14. The highest BCUT2D eigenvalue weighted by Gasteiger charge is 2.21. The van der Waals surface area contributed by atoms with Crippen LogP contribution in [0.15, 0.2) is 4.52 Å². The van der Waals surface area contributed by atoms with Crippen LogP contribution in [0.2, 0.25) is 0 Å². The third kappa shape index (κ3) is 2.76. The van der Waals surface area contributed by atoms with Crippen molar-refractivity contribution in [3.8, 4) is 0 Å². The minimum absolute atomic E-state index is 0.0622. The Balaban J connectivity index is 1.99. The van der Waals surface area contributed by atoms with Crippen LogP contribution in [0.4, 0.5) is 0 Å². The number of nitrogens with zero attached hydrogens (tertiary/aromatic N) is 2. The van der Waals surface area contributed by atoms with Crippen LogP contribution in [0.3, 0.4) is 0 Å². The second-order valence-electron chi connectivity index (χ2n) is 4.23. The van der Waals surface area contributed by atoms with Crippen molar-refractivity contribution in [2.75, 3.05) is 19.8 Å². The molecule has 0 amide bonds. The lowest BCUT2D eigenvalue weighted by atomic mass is 10.1. The molecular weight excluding hydrogens is 194 g/mol. The first-order valence-electron chi connectivity index (χ1n) is 5.39. The Bertz CT molecular complexity index is 305. The number of nitrogens with one attached hydrogen (secondary N) is 1. The minimum Gasteiger partial charge on any atom is -0.378 e. The predicted octanol–water partition coefficient (Wildman–Crippen LogP) is 0.929. The lowest BCUT2D eigenvalue weighted by Gasteiger charge is -2.20. The van der Waals surface area contributed by atoms with Crippen LogP contribution < -0.4 is 5.32 Å². The molecule has 1 aromatic rings. The summed E-state index contributed by atoms with van der Waals surface area (Å²) in [5, 5.41) is 7.23. The maximum Gasteiger partial charge on any atom is 0.246 e. The van der Waals surface area contributed by atoms with E-state index in [0.29, 0.717) is 18.4 Å². The zero-order valence-electron chi connectivity index (χ0n) is 9.19. The standard InChI is InChI=1S/C10H17N3O2/c1-7(2)5-9-12-10(15-13-9)8-6-14-4-3-11-8/h7-8,11H,3-6H2,1-2H3. The zero-order valence-corrected chi connectivity index (χ0v) is 9.19. The van der Waals surface area contributed by atoms with E-state index in [-0.39, 0.29) is 6.04 Å². The quantitative estimate of drug-likeness (QED) is 0.806. The minimum atomic E-state index is 0.0622. The molecule has 1 fully saturated rings. The van der Waals surface area contributed by atoms with Crippen molar-refractivity contribution in [3.05, 3.63) is 11.7 Å². The first kappa shape index (κ1) is 10.6. The van der Waals surface area contributed by atoms with E-state index in [4.69, 9.17) is 9.26 Å². The maximum absolute atomic E-state index is 5.34. The van der Waals surface area contributed by atoms with Gasteiger partial charge in [-0.25, -0.2) is 0 Å². The van der Waals surface area contributed by atoms with Crippen LogP contribution in [0.1, 0.15) is 31.6 Å². The SMILES string of the molecule is CC(C)Cc1noc(C2COCCN2)n1. The van der Waals surface area contributed by atoms with Gasteiger partial charge in [-0.2, -0.15) is 4.98 Å².